The largest absolute Gasteiger partial charge is 0.386 e. The van der Waals surface area contributed by atoms with Crippen LogP contribution in [0.15, 0.2) is 23.4 Å². The standard InChI is InChI=1S/C13H22N4O3S/c1-14-12-4-2-5-15-13(12)21(18,19)16-6-3-7-17-8-10-20-11-9-17/h2,4-5,14,16H,3,6-11H2,1H3. The Morgan fingerprint density at radius 2 is 2.14 bits per heavy atom. The van der Waals surface area contributed by atoms with Gasteiger partial charge in [-0.3, -0.25) is 4.90 Å². The van der Waals surface area contributed by atoms with Gasteiger partial charge in [0.2, 0.25) is 0 Å². The highest BCUT2D eigenvalue weighted by molar-refractivity contribution is 7.89. The second-order valence-electron chi connectivity index (χ2n) is 4.81. The van der Waals surface area contributed by atoms with E-state index in [4.69, 9.17) is 4.74 Å². The molecule has 1 saturated heterocycles. The fourth-order valence-corrected chi connectivity index (χ4v) is 3.41. The van der Waals surface area contributed by atoms with Crippen LogP contribution in [-0.2, 0) is 14.8 Å². The molecule has 2 N–H and O–H groups in total. The molecule has 1 aromatic heterocycles. The van der Waals surface area contributed by atoms with Crippen molar-refractivity contribution >= 4 is 15.7 Å². The predicted octanol–water partition coefficient (Wildman–Crippen LogP) is 0.124. The Bertz CT molecular complexity index is 544. The van der Waals surface area contributed by atoms with Crippen LogP contribution in [0.4, 0.5) is 5.69 Å². The lowest BCUT2D eigenvalue weighted by Crippen LogP contribution is -2.38. The maximum absolute atomic E-state index is 12.2. The summed E-state index contributed by atoms with van der Waals surface area (Å²) in [4.78, 5) is 6.23. The van der Waals surface area contributed by atoms with E-state index in [9.17, 15) is 8.42 Å². The first-order chi connectivity index (χ1) is 10.1. The molecule has 0 radical (unpaired) electrons. The zero-order valence-electron chi connectivity index (χ0n) is 12.2. The van der Waals surface area contributed by atoms with Crippen LogP contribution >= 0.6 is 0 Å². The summed E-state index contributed by atoms with van der Waals surface area (Å²) in [6.45, 7) is 4.61. The predicted molar refractivity (Wildman–Crippen MR) is 80.8 cm³/mol. The van der Waals surface area contributed by atoms with Gasteiger partial charge in [0.05, 0.1) is 18.9 Å². The Hall–Kier alpha value is -1.22. The molecule has 1 fully saturated rings. The Morgan fingerprint density at radius 1 is 1.38 bits per heavy atom. The maximum Gasteiger partial charge on any atom is 0.260 e. The van der Waals surface area contributed by atoms with Crippen LogP contribution in [0.1, 0.15) is 6.42 Å². The van der Waals surface area contributed by atoms with E-state index >= 15 is 0 Å². The minimum absolute atomic E-state index is 0.0406. The van der Waals surface area contributed by atoms with Gasteiger partial charge in [-0.05, 0) is 25.1 Å². The number of morpholine rings is 1. The molecular weight excluding hydrogens is 292 g/mol. The van der Waals surface area contributed by atoms with Crippen molar-refractivity contribution < 1.29 is 13.2 Å². The van der Waals surface area contributed by atoms with Gasteiger partial charge in [-0.1, -0.05) is 0 Å². The molecule has 2 rings (SSSR count). The van der Waals surface area contributed by atoms with Gasteiger partial charge in [0.25, 0.3) is 10.0 Å². The van der Waals surface area contributed by atoms with E-state index in [1.54, 1.807) is 19.2 Å². The molecule has 7 nitrogen and oxygen atoms in total. The second-order valence-corrected chi connectivity index (χ2v) is 6.49. The van der Waals surface area contributed by atoms with E-state index < -0.39 is 10.0 Å². The highest BCUT2D eigenvalue weighted by Crippen LogP contribution is 2.16. The quantitative estimate of drug-likeness (QED) is 0.696. The van der Waals surface area contributed by atoms with Crippen molar-refractivity contribution in [2.45, 2.75) is 11.4 Å². The fraction of sp³-hybridized carbons (Fsp3) is 0.615. The lowest BCUT2D eigenvalue weighted by atomic mass is 10.3. The van der Waals surface area contributed by atoms with Gasteiger partial charge in [0.15, 0.2) is 5.03 Å². The number of ether oxygens (including phenoxy) is 1. The third-order valence-corrected chi connectivity index (χ3v) is 4.76. The van der Waals surface area contributed by atoms with E-state index in [2.05, 4.69) is 19.9 Å². The van der Waals surface area contributed by atoms with Crippen LogP contribution in [0.25, 0.3) is 0 Å². The lowest BCUT2D eigenvalue weighted by Gasteiger charge is -2.26. The average Bonchev–Trinajstić information content (AvgIpc) is 2.52. The topological polar surface area (TPSA) is 83.6 Å². The third-order valence-electron chi connectivity index (χ3n) is 3.34. The number of nitrogens with one attached hydrogen (secondary N) is 2. The van der Waals surface area contributed by atoms with Crippen LogP contribution in [-0.4, -0.2) is 64.7 Å². The molecule has 0 aliphatic carbocycles. The number of sulfonamides is 1. The molecule has 0 unspecified atom stereocenters. The van der Waals surface area contributed by atoms with Gasteiger partial charge >= 0.3 is 0 Å². The Kier molecular flexibility index (Phi) is 5.92. The number of pyridine rings is 1. The minimum Gasteiger partial charge on any atom is -0.386 e. The van der Waals surface area contributed by atoms with E-state index in [0.29, 0.717) is 12.2 Å². The lowest BCUT2D eigenvalue weighted by molar-refractivity contribution is 0.0376. The Balaban J connectivity index is 1.83. The number of nitrogens with zero attached hydrogens (tertiary/aromatic N) is 2. The normalized spacial score (nSPS) is 16.8. The summed E-state index contributed by atoms with van der Waals surface area (Å²) in [5.41, 5.74) is 0.498. The average molecular weight is 314 g/mol. The van der Waals surface area contributed by atoms with Gasteiger partial charge in [-0.15, -0.1) is 0 Å². The molecule has 0 amide bonds. The molecule has 1 aromatic rings. The molecule has 8 heteroatoms. The molecule has 1 aliphatic heterocycles. The van der Waals surface area contributed by atoms with E-state index in [0.717, 1.165) is 39.3 Å². The first-order valence-corrected chi connectivity index (χ1v) is 8.54. The molecule has 0 aromatic carbocycles. The van der Waals surface area contributed by atoms with Crippen LogP contribution in [0, 0.1) is 0 Å². The summed E-state index contributed by atoms with van der Waals surface area (Å²) < 4.78 is 32.3. The minimum atomic E-state index is -3.57. The Morgan fingerprint density at radius 3 is 2.86 bits per heavy atom. The van der Waals surface area contributed by atoms with Crippen LogP contribution < -0.4 is 10.0 Å². The number of rotatable bonds is 7. The van der Waals surface area contributed by atoms with Crippen molar-refractivity contribution in [2.75, 3.05) is 51.8 Å². The SMILES string of the molecule is CNc1cccnc1S(=O)(=O)NCCCN1CCOCC1. The zero-order valence-corrected chi connectivity index (χ0v) is 13.0. The zero-order chi connectivity index (χ0) is 15.1. The van der Waals surface area contributed by atoms with Gasteiger partial charge in [0.1, 0.15) is 0 Å². The molecule has 2 heterocycles. The van der Waals surface area contributed by atoms with Gasteiger partial charge in [-0.2, -0.15) is 0 Å². The smallest absolute Gasteiger partial charge is 0.260 e. The van der Waals surface area contributed by atoms with Crippen LogP contribution in [0.5, 0.6) is 0 Å². The molecule has 0 spiro atoms. The van der Waals surface area contributed by atoms with Crippen LogP contribution in [0.3, 0.4) is 0 Å². The highest BCUT2D eigenvalue weighted by atomic mass is 32.2. The van der Waals surface area contributed by atoms with Crippen molar-refractivity contribution in [3.63, 3.8) is 0 Å². The van der Waals surface area contributed by atoms with Crippen molar-refractivity contribution in [3.8, 4) is 0 Å². The van der Waals surface area contributed by atoms with Crippen LogP contribution in [0.2, 0.25) is 0 Å². The van der Waals surface area contributed by atoms with Gasteiger partial charge in [-0.25, -0.2) is 18.1 Å². The summed E-state index contributed by atoms with van der Waals surface area (Å²) in [5.74, 6) is 0. The summed E-state index contributed by atoms with van der Waals surface area (Å²) in [6.07, 6.45) is 2.24. The number of hydrogen-bond acceptors (Lipinski definition) is 6. The summed E-state index contributed by atoms with van der Waals surface area (Å²) in [7, 11) is -1.90. The fourth-order valence-electron chi connectivity index (χ4n) is 2.20. The molecular formula is C13H22N4O3S. The first-order valence-electron chi connectivity index (χ1n) is 7.06. The van der Waals surface area contributed by atoms with Crippen molar-refractivity contribution in [2.24, 2.45) is 0 Å². The third kappa shape index (κ3) is 4.63. The molecule has 1 aliphatic rings. The molecule has 0 saturated carbocycles. The van der Waals surface area contributed by atoms with Gasteiger partial charge in [0, 0.05) is 32.9 Å². The summed E-state index contributed by atoms with van der Waals surface area (Å²) >= 11 is 0. The Labute approximate surface area is 125 Å². The molecule has 21 heavy (non-hydrogen) atoms. The van der Waals surface area contributed by atoms with E-state index in [1.807, 2.05) is 0 Å². The van der Waals surface area contributed by atoms with E-state index in [1.165, 1.54) is 6.20 Å². The number of aromatic nitrogens is 1. The molecule has 118 valence electrons. The summed E-state index contributed by atoms with van der Waals surface area (Å²) in [5, 5.41) is 2.88. The second kappa shape index (κ2) is 7.69. The molecule has 0 atom stereocenters. The number of hydrogen-bond donors (Lipinski definition) is 2. The first kappa shape index (κ1) is 16.2. The summed E-state index contributed by atoms with van der Waals surface area (Å²) in [6, 6.07) is 3.39. The maximum atomic E-state index is 12.2. The van der Waals surface area contributed by atoms with Crippen molar-refractivity contribution in [1.29, 1.82) is 0 Å². The van der Waals surface area contributed by atoms with Crippen molar-refractivity contribution in [3.05, 3.63) is 18.3 Å². The van der Waals surface area contributed by atoms with Crippen molar-refractivity contribution in [1.82, 2.24) is 14.6 Å². The number of anilines is 1. The van der Waals surface area contributed by atoms with Gasteiger partial charge < -0.3 is 10.1 Å². The monoisotopic (exact) mass is 314 g/mol. The van der Waals surface area contributed by atoms with E-state index in [-0.39, 0.29) is 5.03 Å². The molecule has 0 bridgehead atoms. The highest BCUT2D eigenvalue weighted by Gasteiger charge is 2.19.